The van der Waals surface area contributed by atoms with Crippen LogP contribution in [0.4, 0.5) is 0 Å². The molecule has 0 aliphatic rings. The molecule has 41 heavy (non-hydrogen) atoms. The summed E-state index contributed by atoms with van der Waals surface area (Å²) in [6, 6.07) is -6.44. The molecular formula is C23H40N8O9S. The van der Waals surface area contributed by atoms with Crippen molar-refractivity contribution < 1.29 is 43.5 Å². The van der Waals surface area contributed by atoms with Crippen LogP contribution in [0.25, 0.3) is 0 Å². The topological polar surface area (TPSA) is 309 Å². The number of carbonyl (C=O) groups excluding carboxylic acids is 7. The first kappa shape index (κ1) is 37.1. The second-order valence-electron chi connectivity index (χ2n) is 9.15. The highest BCUT2D eigenvalue weighted by atomic mass is 32.2. The van der Waals surface area contributed by atoms with E-state index in [4.69, 9.17) is 22.9 Å². The van der Waals surface area contributed by atoms with E-state index >= 15 is 0 Å². The minimum atomic E-state index is -1.52. The number of rotatable bonds is 21. The third-order valence-corrected chi connectivity index (χ3v) is 6.28. The minimum Gasteiger partial charge on any atom is -0.480 e. The number of nitrogens with one attached hydrogen (secondary N) is 4. The van der Waals surface area contributed by atoms with Gasteiger partial charge in [-0.25, -0.2) is 4.79 Å². The van der Waals surface area contributed by atoms with Gasteiger partial charge in [-0.2, -0.15) is 11.8 Å². The van der Waals surface area contributed by atoms with E-state index in [1.165, 1.54) is 18.7 Å². The zero-order valence-corrected chi connectivity index (χ0v) is 23.8. The van der Waals surface area contributed by atoms with Crippen LogP contribution in [0.1, 0.15) is 51.9 Å². The molecule has 17 nitrogen and oxygen atoms in total. The molecular weight excluding hydrogens is 564 g/mol. The zero-order chi connectivity index (χ0) is 31.7. The Balaban J connectivity index is 5.53. The molecule has 0 unspecified atom stereocenters. The van der Waals surface area contributed by atoms with Crippen molar-refractivity contribution >= 4 is 59.1 Å². The number of amides is 7. The van der Waals surface area contributed by atoms with Gasteiger partial charge in [0.1, 0.15) is 24.2 Å². The number of carbonyl (C=O) groups is 8. The SMILES string of the molecule is CSCC[C@H](N)C(=O)N[C@@H](CCC(N)=O)C(=O)N[C@@H](C)C(=O)N[C@@H](CCC(N)=O)C(=O)N[C@@H](CCC(N)=O)C(=O)O. The van der Waals surface area contributed by atoms with Crippen LogP contribution in [-0.2, 0) is 38.4 Å². The predicted molar refractivity (Wildman–Crippen MR) is 147 cm³/mol. The molecule has 0 saturated heterocycles. The molecule has 5 atom stereocenters. The molecule has 0 aromatic carbocycles. The summed E-state index contributed by atoms with van der Waals surface area (Å²) in [5.74, 6) is -6.56. The van der Waals surface area contributed by atoms with Gasteiger partial charge in [-0.1, -0.05) is 0 Å². The zero-order valence-electron chi connectivity index (χ0n) is 23.0. The van der Waals surface area contributed by atoms with E-state index < -0.39 is 77.5 Å². The average Bonchev–Trinajstić information content (AvgIpc) is 2.88. The summed E-state index contributed by atoms with van der Waals surface area (Å²) in [4.78, 5) is 95.9. The number of carboxylic acid groups (broad SMARTS) is 1. The molecule has 0 rings (SSSR count). The highest BCUT2D eigenvalue weighted by Crippen LogP contribution is 2.05. The van der Waals surface area contributed by atoms with Gasteiger partial charge in [-0.05, 0) is 44.6 Å². The van der Waals surface area contributed by atoms with Crippen LogP contribution in [0.5, 0.6) is 0 Å². The fraction of sp³-hybridized carbons (Fsp3) is 0.652. The fourth-order valence-corrected chi connectivity index (χ4v) is 3.75. The third-order valence-electron chi connectivity index (χ3n) is 5.64. The summed E-state index contributed by atoms with van der Waals surface area (Å²) in [6.07, 6.45) is 0.411. The first-order valence-corrected chi connectivity index (χ1v) is 14.0. The van der Waals surface area contributed by atoms with Crippen LogP contribution >= 0.6 is 11.8 Å². The minimum absolute atomic E-state index is 0.179. The summed E-state index contributed by atoms with van der Waals surface area (Å²) < 4.78 is 0. The van der Waals surface area contributed by atoms with E-state index in [1.54, 1.807) is 0 Å². The van der Waals surface area contributed by atoms with Crippen LogP contribution in [-0.4, -0.2) is 94.6 Å². The number of carboxylic acids is 1. The van der Waals surface area contributed by atoms with Crippen LogP contribution in [0.15, 0.2) is 0 Å². The molecule has 0 aliphatic heterocycles. The molecule has 0 aromatic heterocycles. The van der Waals surface area contributed by atoms with Crippen molar-refractivity contribution in [1.82, 2.24) is 21.3 Å². The van der Waals surface area contributed by atoms with Gasteiger partial charge in [0.2, 0.25) is 41.4 Å². The predicted octanol–water partition coefficient (Wildman–Crippen LogP) is -4.09. The smallest absolute Gasteiger partial charge is 0.326 e. The molecule has 13 N–H and O–H groups in total. The Kier molecular flexibility index (Phi) is 17.4. The highest BCUT2D eigenvalue weighted by molar-refractivity contribution is 7.98. The molecule has 0 aliphatic carbocycles. The average molecular weight is 605 g/mol. The van der Waals surface area contributed by atoms with Crippen LogP contribution in [0, 0.1) is 0 Å². The normalized spacial score (nSPS) is 14.3. The maximum Gasteiger partial charge on any atom is 0.326 e. The van der Waals surface area contributed by atoms with Crippen molar-refractivity contribution in [3.8, 4) is 0 Å². The molecule has 0 bridgehead atoms. The van der Waals surface area contributed by atoms with Gasteiger partial charge in [-0.3, -0.25) is 33.6 Å². The summed E-state index contributed by atoms with van der Waals surface area (Å²) >= 11 is 1.47. The van der Waals surface area contributed by atoms with E-state index in [-0.39, 0.29) is 38.5 Å². The van der Waals surface area contributed by atoms with E-state index in [0.29, 0.717) is 12.2 Å². The number of aliphatic carboxylic acids is 1. The number of primary amides is 3. The third kappa shape index (κ3) is 16.1. The lowest BCUT2D eigenvalue weighted by atomic mass is 10.1. The van der Waals surface area contributed by atoms with E-state index in [2.05, 4.69) is 21.3 Å². The lowest BCUT2D eigenvalue weighted by molar-refractivity contribution is -0.142. The van der Waals surface area contributed by atoms with Gasteiger partial charge < -0.3 is 49.3 Å². The van der Waals surface area contributed by atoms with E-state index in [9.17, 15) is 43.5 Å². The molecule has 0 fully saturated rings. The van der Waals surface area contributed by atoms with Crippen LogP contribution < -0.4 is 44.2 Å². The second-order valence-corrected chi connectivity index (χ2v) is 10.1. The lowest BCUT2D eigenvalue weighted by Gasteiger charge is -2.25. The summed E-state index contributed by atoms with van der Waals surface area (Å²) in [6.45, 7) is 1.26. The van der Waals surface area contributed by atoms with Crippen molar-refractivity contribution in [2.24, 2.45) is 22.9 Å². The quantitative estimate of drug-likeness (QED) is 0.0606. The van der Waals surface area contributed by atoms with Crippen molar-refractivity contribution in [3.63, 3.8) is 0 Å². The Morgan fingerprint density at radius 1 is 0.634 bits per heavy atom. The Hall–Kier alpha value is -3.93. The van der Waals surface area contributed by atoms with Gasteiger partial charge in [0, 0.05) is 19.3 Å². The first-order chi connectivity index (χ1) is 19.1. The van der Waals surface area contributed by atoms with Gasteiger partial charge in [-0.15, -0.1) is 0 Å². The summed E-state index contributed by atoms with van der Waals surface area (Å²) in [7, 11) is 0. The highest BCUT2D eigenvalue weighted by Gasteiger charge is 2.30. The molecule has 0 aromatic rings. The maximum absolute atomic E-state index is 12.9. The lowest BCUT2D eigenvalue weighted by Crippen LogP contribution is -2.58. The standard InChI is InChI=1S/C23H40N8O9S/c1-11(28-21(37)13(3-6-16(25)32)30-20(36)12(24)9-10-41-2)19(35)29-14(4-7-17(26)33)22(38)31-15(23(39)40)5-8-18(27)34/h11-15H,3-10,24H2,1-2H3,(H2,25,32)(H2,26,33)(H2,27,34)(H,28,37)(H,29,35)(H,30,36)(H,31,38)(H,39,40)/t11-,12-,13-,14-,15-/m0/s1. The van der Waals surface area contributed by atoms with Gasteiger partial charge in [0.15, 0.2) is 0 Å². The van der Waals surface area contributed by atoms with Crippen molar-refractivity contribution in [1.29, 1.82) is 0 Å². The summed E-state index contributed by atoms with van der Waals surface area (Å²) in [5, 5.41) is 18.6. The first-order valence-electron chi connectivity index (χ1n) is 12.6. The monoisotopic (exact) mass is 604 g/mol. The van der Waals surface area contributed by atoms with Crippen molar-refractivity contribution in [3.05, 3.63) is 0 Å². The fourth-order valence-electron chi connectivity index (χ4n) is 3.26. The second kappa shape index (κ2) is 19.2. The number of hydrogen-bond acceptors (Lipinski definition) is 10. The Morgan fingerprint density at radius 3 is 1.44 bits per heavy atom. The Morgan fingerprint density at radius 2 is 1.02 bits per heavy atom. The van der Waals surface area contributed by atoms with Gasteiger partial charge >= 0.3 is 5.97 Å². The van der Waals surface area contributed by atoms with Crippen LogP contribution in [0.2, 0.25) is 0 Å². The number of thioether (sulfide) groups is 1. The number of hydrogen-bond donors (Lipinski definition) is 9. The van der Waals surface area contributed by atoms with Crippen molar-refractivity contribution in [2.45, 2.75) is 82.1 Å². The summed E-state index contributed by atoms with van der Waals surface area (Å²) in [5.41, 5.74) is 21.2. The van der Waals surface area contributed by atoms with Gasteiger partial charge in [0.25, 0.3) is 0 Å². The maximum atomic E-state index is 12.9. The van der Waals surface area contributed by atoms with Gasteiger partial charge in [0.05, 0.1) is 6.04 Å². The molecule has 0 saturated carbocycles. The molecule has 0 spiro atoms. The Labute approximate surface area is 241 Å². The van der Waals surface area contributed by atoms with Crippen molar-refractivity contribution in [2.75, 3.05) is 12.0 Å². The molecule has 0 radical (unpaired) electrons. The van der Waals surface area contributed by atoms with Crippen LogP contribution in [0.3, 0.4) is 0 Å². The number of nitrogens with two attached hydrogens (primary N) is 4. The molecule has 7 amide bonds. The van der Waals surface area contributed by atoms with E-state index in [0.717, 1.165) is 0 Å². The van der Waals surface area contributed by atoms with E-state index in [1.807, 2.05) is 6.26 Å². The largest absolute Gasteiger partial charge is 0.480 e. The molecule has 18 heteroatoms. The Bertz CT molecular complexity index is 981. The molecule has 0 heterocycles. The molecule has 232 valence electrons.